The highest BCUT2D eigenvalue weighted by molar-refractivity contribution is 8.10. The number of rotatable bonds is 4. The summed E-state index contributed by atoms with van der Waals surface area (Å²) < 4.78 is 66.8. The van der Waals surface area contributed by atoms with Gasteiger partial charge >= 0.3 is 24.8 Å². The molecule has 80 valence electrons. The van der Waals surface area contributed by atoms with E-state index in [9.17, 15) is 25.6 Å². The number of halogens is 2. The third-order valence-corrected chi connectivity index (χ3v) is 4.74. The van der Waals surface area contributed by atoms with Crippen molar-refractivity contribution in [1.82, 2.24) is 0 Å². The molecular formula is CH2F2O6S4. The first-order chi connectivity index (χ1) is 5.62. The summed E-state index contributed by atoms with van der Waals surface area (Å²) >= 11 is 5.10. The van der Waals surface area contributed by atoms with Crippen LogP contribution in [0.15, 0.2) is 0 Å². The van der Waals surface area contributed by atoms with E-state index in [1.54, 1.807) is 0 Å². The standard InChI is InChI=1S/CH2F2O6S4/c2-1(3,12(4,5)8-10)13(6,7)9-11/h10-11H. The lowest BCUT2D eigenvalue weighted by Crippen LogP contribution is -2.37. The second kappa shape index (κ2) is 3.86. The molecule has 0 aliphatic heterocycles. The maximum absolute atomic E-state index is 12.5. The van der Waals surface area contributed by atoms with Gasteiger partial charge in [0.15, 0.2) is 0 Å². The van der Waals surface area contributed by atoms with Crippen LogP contribution in [0.3, 0.4) is 0 Å². The molecule has 0 unspecified atom stereocenters. The average Bonchev–Trinajstić information content (AvgIpc) is 2.03. The highest BCUT2D eigenvalue weighted by Crippen LogP contribution is 2.32. The molecule has 0 amide bonds. The fourth-order valence-electron chi connectivity index (χ4n) is 0.212. The molecule has 0 aromatic heterocycles. The zero-order valence-corrected chi connectivity index (χ0v) is 8.84. The van der Waals surface area contributed by atoms with Gasteiger partial charge in [0, 0.05) is 0 Å². The van der Waals surface area contributed by atoms with Crippen molar-refractivity contribution in [2.24, 2.45) is 0 Å². The Balaban J connectivity index is 5.49. The largest absolute Gasteiger partial charge is 0.498 e. The summed E-state index contributed by atoms with van der Waals surface area (Å²) in [6, 6.07) is 0. The van der Waals surface area contributed by atoms with Crippen molar-refractivity contribution in [3.05, 3.63) is 0 Å². The molecule has 0 aromatic carbocycles. The molecule has 0 atom stereocenters. The molecule has 6 nitrogen and oxygen atoms in total. The fourth-order valence-corrected chi connectivity index (χ4v) is 2.45. The molecule has 0 rings (SSSR count). The summed E-state index contributed by atoms with van der Waals surface area (Å²) in [7, 11) is -11.4. The molecule has 0 saturated heterocycles. The highest BCUT2D eigenvalue weighted by Gasteiger charge is 2.60. The van der Waals surface area contributed by atoms with E-state index < -0.39 is 24.8 Å². The number of hydrogen-bond donors (Lipinski definition) is 2. The Morgan fingerprint density at radius 2 is 1.15 bits per heavy atom. The van der Waals surface area contributed by atoms with E-state index in [4.69, 9.17) is 0 Å². The van der Waals surface area contributed by atoms with E-state index in [0.29, 0.717) is 0 Å². The van der Waals surface area contributed by atoms with Crippen LogP contribution in [0.4, 0.5) is 8.78 Å². The summed E-state index contributed by atoms with van der Waals surface area (Å²) in [6.45, 7) is 0. The predicted octanol–water partition coefficient (Wildman–Crippen LogP) is -0.0809. The van der Waals surface area contributed by atoms with Gasteiger partial charge in [-0.05, 0) is 25.8 Å². The molecule has 0 aromatic rings. The molecule has 0 bridgehead atoms. The van der Waals surface area contributed by atoms with Crippen molar-refractivity contribution < 1.29 is 32.9 Å². The summed E-state index contributed by atoms with van der Waals surface area (Å²) in [5, 5.41) is 0. The van der Waals surface area contributed by atoms with Gasteiger partial charge in [-0.25, -0.2) is 0 Å². The van der Waals surface area contributed by atoms with Crippen molar-refractivity contribution in [2.45, 2.75) is 4.59 Å². The third kappa shape index (κ3) is 2.24. The number of thiol groups is 2. The second-order valence-electron chi connectivity index (χ2n) is 1.52. The molecule has 0 N–H and O–H groups in total. The smallest absolute Gasteiger partial charge is 0.196 e. The first-order valence-electron chi connectivity index (χ1n) is 2.15. The quantitative estimate of drug-likeness (QED) is 0.551. The van der Waals surface area contributed by atoms with Gasteiger partial charge in [0.05, 0.1) is 0 Å². The van der Waals surface area contributed by atoms with Crippen LogP contribution >= 0.6 is 25.8 Å². The Morgan fingerprint density at radius 1 is 0.923 bits per heavy atom. The van der Waals surface area contributed by atoms with E-state index in [2.05, 4.69) is 33.1 Å². The van der Waals surface area contributed by atoms with Gasteiger partial charge in [0.2, 0.25) is 0 Å². The van der Waals surface area contributed by atoms with E-state index in [1.165, 1.54) is 0 Å². The Labute approximate surface area is 83.7 Å². The van der Waals surface area contributed by atoms with E-state index in [0.717, 1.165) is 0 Å². The molecule has 13 heavy (non-hydrogen) atoms. The van der Waals surface area contributed by atoms with E-state index in [-0.39, 0.29) is 0 Å². The zero-order valence-electron chi connectivity index (χ0n) is 5.42. The Morgan fingerprint density at radius 3 is 1.31 bits per heavy atom. The van der Waals surface area contributed by atoms with Crippen LogP contribution in [0.2, 0.25) is 0 Å². The lowest BCUT2D eigenvalue weighted by atomic mass is 11.6. The molecule has 0 aliphatic rings. The Kier molecular flexibility index (Phi) is 3.97. The summed E-state index contributed by atoms with van der Waals surface area (Å²) in [4.78, 5) is 0. The van der Waals surface area contributed by atoms with Gasteiger partial charge in [-0.1, -0.05) is 0 Å². The minimum Gasteiger partial charge on any atom is -0.196 e. The number of alkyl halides is 2. The van der Waals surface area contributed by atoms with E-state index >= 15 is 0 Å². The fraction of sp³-hybridized carbons (Fsp3) is 1.00. The van der Waals surface area contributed by atoms with Crippen LogP contribution in [0.1, 0.15) is 0 Å². The first kappa shape index (κ1) is 13.4. The Hall–Kier alpha value is 0.380. The topological polar surface area (TPSA) is 86.7 Å². The second-order valence-corrected chi connectivity index (χ2v) is 5.81. The van der Waals surface area contributed by atoms with Crippen molar-refractivity contribution in [2.75, 3.05) is 0 Å². The van der Waals surface area contributed by atoms with Crippen molar-refractivity contribution >= 4 is 46.1 Å². The van der Waals surface area contributed by atoms with Crippen LogP contribution in [0.25, 0.3) is 0 Å². The van der Waals surface area contributed by atoms with Crippen LogP contribution in [0.5, 0.6) is 0 Å². The molecule has 0 heterocycles. The summed E-state index contributed by atoms with van der Waals surface area (Å²) in [6.07, 6.45) is 0. The highest BCUT2D eigenvalue weighted by atomic mass is 32.3. The maximum Gasteiger partial charge on any atom is 0.498 e. The summed E-state index contributed by atoms with van der Waals surface area (Å²) in [5.41, 5.74) is 0. The zero-order chi connectivity index (χ0) is 10.9. The van der Waals surface area contributed by atoms with Gasteiger partial charge in [-0.15, -0.1) is 0 Å². The van der Waals surface area contributed by atoms with Crippen molar-refractivity contribution in [1.29, 1.82) is 0 Å². The average molecular weight is 276 g/mol. The molecular weight excluding hydrogens is 274 g/mol. The first-order valence-corrected chi connectivity index (χ1v) is 5.70. The lowest BCUT2D eigenvalue weighted by Gasteiger charge is -2.11. The van der Waals surface area contributed by atoms with Crippen LogP contribution in [0, 0.1) is 0 Å². The lowest BCUT2D eigenvalue weighted by molar-refractivity contribution is 0.160. The Bertz CT molecular complexity index is 329. The normalized spacial score (nSPS) is 14.5. The number of hydrogen-bond acceptors (Lipinski definition) is 8. The van der Waals surface area contributed by atoms with Gasteiger partial charge < -0.3 is 0 Å². The minimum atomic E-state index is -5.70. The van der Waals surface area contributed by atoms with Gasteiger partial charge in [0.25, 0.3) is 0 Å². The minimum absolute atomic E-state index is 2.55. The molecule has 12 heteroatoms. The van der Waals surface area contributed by atoms with Gasteiger partial charge in [-0.2, -0.15) is 32.9 Å². The van der Waals surface area contributed by atoms with Crippen molar-refractivity contribution in [3.63, 3.8) is 0 Å². The molecule has 0 aliphatic carbocycles. The van der Waals surface area contributed by atoms with Gasteiger partial charge in [0.1, 0.15) is 0 Å². The molecule has 0 radical (unpaired) electrons. The SMILES string of the molecule is O=S(=O)(OS)C(F)(F)S(=O)(=O)OS. The summed E-state index contributed by atoms with van der Waals surface area (Å²) in [5.74, 6) is 0. The van der Waals surface area contributed by atoms with E-state index in [1.807, 2.05) is 0 Å². The van der Waals surface area contributed by atoms with Crippen molar-refractivity contribution in [3.8, 4) is 0 Å². The molecule has 0 saturated carbocycles. The molecule has 0 spiro atoms. The monoisotopic (exact) mass is 276 g/mol. The van der Waals surface area contributed by atoms with Crippen LogP contribution in [-0.4, -0.2) is 21.4 Å². The maximum atomic E-state index is 12.5. The van der Waals surface area contributed by atoms with Crippen LogP contribution in [-0.2, 0) is 27.5 Å². The molecule has 0 fully saturated rings. The van der Waals surface area contributed by atoms with Gasteiger partial charge in [-0.3, -0.25) is 0 Å². The third-order valence-electron chi connectivity index (χ3n) is 0.778. The predicted molar refractivity (Wildman–Crippen MR) is 42.9 cm³/mol. The van der Waals surface area contributed by atoms with Crippen LogP contribution < -0.4 is 0 Å².